The molecule has 1 aliphatic heterocycles. The second kappa shape index (κ2) is 7.82. The number of halogens is 1. The molecule has 28 heavy (non-hydrogen) atoms. The second-order valence-electron chi connectivity index (χ2n) is 6.64. The molecule has 1 aliphatic rings. The lowest BCUT2D eigenvalue weighted by atomic mass is 9.99. The predicted octanol–water partition coefficient (Wildman–Crippen LogP) is 4.19. The molecule has 2 heterocycles. The van der Waals surface area contributed by atoms with E-state index in [9.17, 15) is 9.59 Å². The molecule has 1 aromatic heterocycles. The Bertz CT molecular complexity index is 1030. The number of benzene rings is 2. The zero-order chi connectivity index (χ0) is 19.5. The Morgan fingerprint density at radius 3 is 2.54 bits per heavy atom. The van der Waals surface area contributed by atoms with E-state index in [4.69, 9.17) is 11.6 Å². The third-order valence-electron chi connectivity index (χ3n) is 4.76. The molecule has 0 saturated heterocycles. The van der Waals surface area contributed by atoms with Crippen LogP contribution in [0.25, 0.3) is 0 Å². The molecular formula is C22H18ClN3O2. The number of carbonyl (C=O) groups is 2. The fourth-order valence-electron chi connectivity index (χ4n) is 3.26. The van der Waals surface area contributed by atoms with Gasteiger partial charge in [0.15, 0.2) is 0 Å². The minimum absolute atomic E-state index is 0.171. The molecule has 0 saturated carbocycles. The summed E-state index contributed by atoms with van der Waals surface area (Å²) >= 11 is 5.86. The van der Waals surface area contributed by atoms with Crippen molar-refractivity contribution in [1.29, 1.82) is 0 Å². The van der Waals surface area contributed by atoms with Crippen LogP contribution in [0.4, 0.5) is 5.69 Å². The highest BCUT2D eigenvalue weighted by Gasteiger charge is 2.23. The number of pyridine rings is 1. The van der Waals surface area contributed by atoms with Gasteiger partial charge in [-0.05, 0) is 53.9 Å². The Kier molecular flexibility index (Phi) is 5.08. The van der Waals surface area contributed by atoms with Crippen molar-refractivity contribution in [2.45, 2.75) is 13.0 Å². The summed E-state index contributed by atoms with van der Waals surface area (Å²) in [6, 6.07) is 18.1. The SMILES string of the molecule is O=C(Nc1ccc(Cl)cc1)c1ccnc(C(=O)N2CCc3ccccc3C2)c1. The van der Waals surface area contributed by atoms with Crippen molar-refractivity contribution in [3.63, 3.8) is 0 Å². The van der Waals surface area contributed by atoms with Crippen LogP contribution in [-0.2, 0) is 13.0 Å². The summed E-state index contributed by atoms with van der Waals surface area (Å²) in [6.45, 7) is 1.19. The maximum atomic E-state index is 12.9. The number of amides is 2. The van der Waals surface area contributed by atoms with Crippen LogP contribution < -0.4 is 5.32 Å². The topological polar surface area (TPSA) is 62.3 Å². The minimum atomic E-state index is -0.303. The Labute approximate surface area is 168 Å². The van der Waals surface area contributed by atoms with Crippen LogP contribution in [-0.4, -0.2) is 28.2 Å². The van der Waals surface area contributed by atoms with Crippen LogP contribution in [0.5, 0.6) is 0 Å². The number of nitrogens with one attached hydrogen (secondary N) is 1. The molecule has 0 bridgehead atoms. The van der Waals surface area contributed by atoms with E-state index in [2.05, 4.69) is 16.4 Å². The van der Waals surface area contributed by atoms with Gasteiger partial charge in [-0.25, -0.2) is 0 Å². The third kappa shape index (κ3) is 3.89. The van der Waals surface area contributed by atoms with Gasteiger partial charge in [-0.1, -0.05) is 35.9 Å². The third-order valence-corrected chi connectivity index (χ3v) is 5.01. The van der Waals surface area contributed by atoms with E-state index in [1.807, 2.05) is 18.2 Å². The molecule has 0 radical (unpaired) electrons. The molecular weight excluding hydrogens is 374 g/mol. The van der Waals surface area contributed by atoms with Crippen molar-refractivity contribution in [3.8, 4) is 0 Å². The number of rotatable bonds is 3. The Balaban J connectivity index is 1.49. The fourth-order valence-corrected chi connectivity index (χ4v) is 3.38. The first-order valence-electron chi connectivity index (χ1n) is 8.99. The van der Waals surface area contributed by atoms with Crippen LogP contribution >= 0.6 is 11.6 Å². The number of anilines is 1. The second-order valence-corrected chi connectivity index (χ2v) is 7.07. The molecule has 6 heteroatoms. The van der Waals surface area contributed by atoms with Gasteiger partial charge in [-0.3, -0.25) is 14.6 Å². The summed E-state index contributed by atoms with van der Waals surface area (Å²) in [4.78, 5) is 31.4. The van der Waals surface area contributed by atoms with Crippen LogP contribution in [0.1, 0.15) is 32.0 Å². The van der Waals surface area contributed by atoms with E-state index >= 15 is 0 Å². The Morgan fingerprint density at radius 2 is 1.75 bits per heavy atom. The van der Waals surface area contributed by atoms with Gasteiger partial charge in [-0.2, -0.15) is 0 Å². The highest BCUT2D eigenvalue weighted by Crippen LogP contribution is 2.20. The smallest absolute Gasteiger partial charge is 0.272 e. The summed E-state index contributed by atoms with van der Waals surface area (Å²) in [5.74, 6) is -0.474. The number of fused-ring (bicyclic) bond motifs is 1. The van der Waals surface area contributed by atoms with E-state index in [0.717, 1.165) is 12.0 Å². The number of aromatic nitrogens is 1. The van der Waals surface area contributed by atoms with Gasteiger partial charge < -0.3 is 10.2 Å². The van der Waals surface area contributed by atoms with Gasteiger partial charge in [0.2, 0.25) is 0 Å². The molecule has 140 valence electrons. The van der Waals surface area contributed by atoms with Crippen molar-refractivity contribution in [1.82, 2.24) is 9.88 Å². The Hall–Kier alpha value is -3.18. The van der Waals surface area contributed by atoms with Gasteiger partial charge in [0.25, 0.3) is 11.8 Å². The van der Waals surface area contributed by atoms with E-state index in [-0.39, 0.29) is 17.5 Å². The molecule has 2 amide bonds. The lowest BCUT2D eigenvalue weighted by Crippen LogP contribution is -2.36. The van der Waals surface area contributed by atoms with Crippen LogP contribution in [0, 0.1) is 0 Å². The molecule has 5 nitrogen and oxygen atoms in total. The van der Waals surface area contributed by atoms with Crippen molar-refractivity contribution in [2.75, 3.05) is 11.9 Å². The normalized spacial score (nSPS) is 13.0. The summed E-state index contributed by atoms with van der Waals surface area (Å²) in [7, 11) is 0. The number of hydrogen-bond donors (Lipinski definition) is 1. The molecule has 0 aliphatic carbocycles. The first kappa shape index (κ1) is 18.2. The highest BCUT2D eigenvalue weighted by atomic mass is 35.5. The monoisotopic (exact) mass is 391 g/mol. The molecule has 0 fully saturated rings. The molecule has 3 aromatic rings. The average molecular weight is 392 g/mol. The minimum Gasteiger partial charge on any atom is -0.333 e. The number of hydrogen-bond acceptors (Lipinski definition) is 3. The highest BCUT2D eigenvalue weighted by molar-refractivity contribution is 6.30. The maximum absolute atomic E-state index is 12.9. The maximum Gasteiger partial charge on any atom is 0.272 e. The summed E-state index contributed by atoms with van der Waals surface area (Å²) in [5, 5.41) is 3.39. The summed E-state index contributed by atoms with van der Waals surface area (Å²) in [5.41, 5.74) is 3.70. The van der Waals surface area contributed by atoms with E-state index in [1.165, 1.54) is 17.8 Å². The van der Waals surface area contributed by atoms with Gasteiger partial charge in [0.1, 0.15) is 5.69 Å². The van der Waals surface area contributed by atoms with Crippen molar-refractivity contribution < 1.29 is 9.59 Å². The Morgan fingerprint density at radius 1 is 1.00 bits per heavy atom. The van der Waals surface area contributed by atoms with Gasteiger partial charge in [0, 0.05) is 35.6 Å². The van der Waals surface area contributed by atoms with Gasteiger partial charge >= 0.3 is 0 Å². The van der Waals surface area contributed by atoms with Gasteiger partial charge in [-0.15, -0.1) is 0 Å². The van der Waals surface area contributed by atoms with Crippen molar-refractivity contribution in [3.05, 3.63) is 94.3 Å². The van der Waals surface area contributed by atoms with Crippen molar-refractivity contribution in [2.24, 2.45) is 0 Å². The molecule has 4 rings (SSSR count). The number of carbonyl (C=O) groups excluding carboxylic acids is 2. The molecule has 0 unspecified atom stereocenters. The largest absolute Gasteiger partial charge is 0.333 e. The summed E-state index contributed by atoms with van der Waals surface area (Å²) < 4.78 is 0. The van der Waals surface area contributed by atoms with E-state index in [1.54, 1.807) is 35.2 Å². The lowest BCUT2D eigenvalue weighted by molar-refractivity contribution is 0.0728. The first-order chi connectivity index (χ1) is 13.6. The standard InChI is InChI=1S/C22H18ClN3O2/c23-18-5-7-19(8-6-18)25-21(27)16-9-11-24-20(13-16)22(28)26-12-10-15-3-1-2-4-17(15)14-26/h1-9,11,13H,10,12,14H2,(H,25,27). The molecule has 2 aromatic carbocycles. The van der Waals surface area contributed by atoms with Crippen LogP contribution in [0.2, 0.25) is 5.02 Å². The summed E-state index contributed by atoms with van der Waals surface area (Å²) in [6.07, 6.45) is 2.31. The molecule has 0 spiro atoms. The van der Waals surface area contributed by atoms with Crippen LogP contribution in [0.3, 0.4) is 0 Å². The predicted molar refractivity (Wildman–Crippen MR) is 109 cm³/mol. The first-order valence-corrected chi connectivity index (χ1v) is 9.37. The zero-order valence-electron chi connectivity index (χ0n) is 15.1. The zero-order valence-corrected chi connectivity index (χ0v) is 15.8. The quantitative estimate of drug-likeness (QED) is 0.728. The van der Waals surface area contributed by atoms with Gasteiger partial charge in [0.05, 0.1) is 0 Å². The molecule has 0 atom stereocenters. The van der Waals surface area contributed by atoms with E-state index < -0.39 is 0 Å². The lowest BCUT2D eigenvalue weighted by Gasteiger charge is -2.28. The van der Waals surface area contributed by atoms with Crippen LogP contribution in [0.15, 0.2) is 66.9 Å². The average Bonchev–Trinajstić information content (AvgIpc) is 2.74. The van der Waals surface area contributed by atoms with Crippen molar-refractivity contribution >= 4 is 29.1 Å². The fraction of sp³-hybridized carbons (Fsp3) is 0.136. The van der Waals surface area contributed by atoms with E-state index in [0.29, 0.717) is 29.4 Å². The number of nitrogens with zero attached hydrogens (tertiary/aromatic N) is 2. The molecule has 1 N–H and O–H groups in total.